The van der Waals surface area contributed by atoms with Gasteiger partial charge in [-0.3, -0.25) is 4.55 Å². The number of fused-ring (bicyclic) bond motifs is 1. The summed E-state index contributed by atoms with van der Waals surface area (Å²) in [6, 6.07) is 16.7. The van der Waals surface area contributed by atoms with Crippen LogP contribution in [0.4, 0.5) is 0 Å². The summed E-state index contributed by atoms with van der Waals surface area (Å²) in [7, 11) is -0.137. The first-order valence-electron chi connectivity index (χ1n) is 6.99. The zero-order valence-corrected chi connectivity index (χ0v) is 14.7. The SMILES string of the molecule is CC.CCCC.O=S(=O)(O)Cl.c1ccc2ccccc2c1. The summed E-state index contributed by atoms with van der Waals surface area (Å²) in [4.78, 5) is 0. The summed E-state index contributed by atoms with van der Waals surface area (Å²) in [5.74, 6) is 0. The van der Waals surface area contributed by atoms with E-state index < -0.39 is 9.33 Å². The molecule has 0 aliphatic carbocycles. The van der Waals surface area contributed by atoms with E-state index >= 15 is 0 Å². The van der Waals surface area contributed by atoms with Crippen molar-refractivity contribution >= 4 is 30.8 Å². The fourth-order valence-corrected chi connectivity index (χ4v) is 1.13. The Labute approximate surface area is 133 Å². The lowest BCUT2D eigenvalue weighted by molar-refractivity contribution is 0.501. The van der Waals surface area contributed by atoms with Gasteiger partial charge < -0.3 is 0 Å². The van der Waals surface area contributed by atoms with Crippen LogP contribution in [0.1, 0.15) is 40.5 Å². The normalized spacial score (nSPS) is 9.24. The lowest BCUT2D eigenvalue weighted by Gasteiger charge is -1.92. The van der Waals surface area contributed by atoms with Gasteiger partial charge in [-0.05, 0) is 10.8 Å². The molecule has 0 fully saturated rings. The summed E-state index contributed by atoms with van der Waals surface area (Å²) in [5.41, 5.74) is 0. The van der Waals surface area contributed by atoms with E-state index in [1.165, 1.54) is 23.6 Å². The van der Waals surface area contributed by atoms with E-state index in [-0.39, 0.29) is 0 Å². The summed E-state index contributed by atoms with van der Waals surface area (Å²) >= 11 is 0. The van der Waals surface area contributed by atoms with Crippen molar-refractivity contribution in [1.82, 2.24) is 0 Å². The Morgan fingerprint density at radius 3 is 1.19 bits per heavy atom. The second-order valence-electron chi connectivity index (χ2n) is 3.76. The summed E-state index contributed by atoms with van der Waals surface area (Å²) in [5, 5.41) is 2.62. The van der Waals surface area contributed by atoms with Gasteiger partial charge in [0.1, 0.15) is 0 Å². The lowest BCUT2D eigenvalue weighted by Crippen LogP contribution is -1.77. The van der Waals surface area contributed by atoms with Gasteiger partial charge >= 0.3 is 9.33 Å². The van der Waals surface area contributed by atoms with E-state index in [0.717, 1.165) is 0 Å². The Morgan fingerprint density at radius 2 is 1.05 bits per heavy atom. The molecular weight excluding hydrogens is 308 g/mol. The molecule has 0 bridgehead atoms. The summed E-state index contributed by atoms with van der Waals surface area (Å²) in [6.45, 7) is 8.36. The lowest BCUT2D eigenvalue weighted by atomic mass is 10.1. The van der Waals surface area contributed by atoms with E-state index in [1.807, 2.05) is 13.8 Å². The van der Waals surface area contributed by atoms with E-state index in [9.17, 15) is 0 Å². The predicted molar refractivity (Wildman–Crippen MR) is 93.3 cm³/mol. The molecule has 0 spiro atoms. The average molecular weight is 333 g/mol. The molecule has 0 saturated heterocycles. The smallest absolute Gasteiger partial charge is 0.273 e. The second kappa shape index (κ2) is 13.9. The highest BCUT2D eigenvalue weighted by Crippen LogP contribution is 2.11. The van der Waals surface area contributed by atoms with Gasteiger partial charge in [0.25, 0.3) is 0 Å². The van der Waals surface area contributed by atoms with E-state index in [0.29, 0.717) is 0 Å². The maximum Gasteiger partial charge on any atom is 0.353 e. The highest BCUT2D eigenvalue weighted by molar-refractivity contribution is 8.09. The van der Waals surface area contributed by atoms with Gasteiger partial charge in [0.15, 0.2) is 0 Å². The van der Waals surface area contributed by atoms with Crippen LogP contribution in [0.5, 0.6) is 0 Å². The molecule has 0 amide bonds. The molecule has 0 aliphatic heterocycles. The van der Waals surface area contributed by atoms with Crippen molar-refractivity contribution in [3.05, 3.63) is 48.5 Å². The first-order valence-corrected chi connectivity index (χ1v) is 9.26. The molecule has 1 N–H and O–H groups in total. The van der Waals surface area contributed by atoms with Crippen molar-refractivity contribution in [2.75, 3.05) is 0 Å². The Balaban J connectivity index is 0. The first-order chi connectivity index (χ1) is 9.88. The number of unbranched alkanes of at least 4 members (excludes halogenated alkanes) is 1. The molecule has 0 unspecified atom stereocenters. The van der Waals surface area contributed by atoms with Gasteiger partial charge in [-0.2, -0.15) is 8.42 Å². The Kier molecular flexibility index (Phi) is 14.6. The van der Waals surface area contributed by atoms with Crippen LogP contribution < -0.4 is 0 Å². The van der Waals surface area contributed by atoms with Crippen LogP contribution in [-0.4, -0.2) is 13.0 Å². The molecule has 120 valence electrons. The van der Waals surface area contributed by atoms with Gasteiger partial charge in [0.05, 0.1) is 0 Å². The molecule has 0 radical (unpaired) electrons. The fourth-order valence-electron chi connectivity index (χ4n) is 1.13. The third-order valence-corrected chi connectivity index (χ3v) is 2.16. The molecule has 2 aromatic carbocycles. The van der Waals surface area contributed by atoms with Gasteiger partial charge in [-0.1, -0.05) is 89.1 Å². The first kappa shape index (κ1) is 22.2. The van der Waals surface area contributed by atoms with Crippen molar-refractivity contribution < 1.29 is 13.0 Å². The number of hydrogen-bond donors (Lipinski definition) is 1. The fraction of sp³-hybridized carbons (Fsp3) is 0.375. The summed E-state index contributed by atoms with van der Waals surface area (Å²) < 4.78 is 25.2. The average Bonchev–Trinajstić information content (AvgIpc) is 2.48. The van der Waals surface area contributed by atoms with Crippen molar-refractivity contribution in [2.24, 2.45) is 0 Å². The van der Waals surface area contributed by atoms with E-state index in [4.69, 9.17) is 13.0 Å². The molecule has 2 rings (SSSR count). The molecule has 5 heteroatoms. The van der Waals surface area contributed by atoms with Crippen molar-refractivity contribution in [3.63, 3.8) is 0 Å². The zero-order valence-electron chi connectivity index (χ0n) is 13.1. The summed E-state index contributed by atoms with van der Waals surface area (Å²) in [6.07, 6.45) is 2.64. The zero-order chi connectivity index (χ0) is 16.7. The Hall–Kier alpha value is -1.10. The molecule has 2 aromatic rings. The van der Waals surface area contributed by atoms with Gasteiger partial charge in [-0.15, -0.1) is 0 Å². The number of hydrogen-bond acceptors (Lipinski definition) is 2. The number of halogens is 1. The highest BCUT2D eigenvalue weighted by atomic mass is 35.7. The third kappa shape index (κ3) is 16.8. The highest BCUT2D eigenvalue weighted by Gasteiger charge is 1.87. The standard InChI is InChI=1S/C10H8.C4H10.C2H6.ClHO3S/c1-2-6-10-8-4-3-7-9(10)5-1;1-3-4-2;1-2;1-5(2,3)4/h1-8H;3-4H2,1-2H3;1-2H3;(H,2,3,4). The molecular formula is C16H25ClO3S. The second-order valence-corrected chi connectivity index (χ2v) is 5.75. The Morgan fingerprint density at radius 1 is 0.857 bits per heavy atom. The largest absolute Gasteiger partial charge is 0.353 e. The van der Waals surface area contributed by atoms with Crippen LogP contribution in [-0.2, 0) is 9.33 Å². The van der Waals surface area contributed by atoms with Crippen LogP contribution in [0.15, 0.2) is 48.5 Å². The van der Waals surface area contributed by atoms with Crippen LogP contribution in [0.2, 0.25) is 0 Å². The van der Waals surface area contributed by atoms with Crippen molar-refractivity contribution in [3.8, 4) is 0 Å². The van der Waals surface area contributed by atoms with Crippen molar-refractivity contribution in [1.29, 1.82) is 0 Å². The maximum absolute atomic E-state index is 8.95. The van der Waals surface area contributed by atoms with Crippen LogP contribution in [0.25, 0.3) is 10.8 Å². The molecule has 21 heavy (non-hydrogen) atoms. The minimum atomic E-state index is -4.19. The number of rotatable bonds is 1. The minimum Gasteiger partial charge on any atom is -0.273 e. The van der Waals surface area contributed by atoms with Crippen LogP contribution in [0, 0.1) is 0 Å². The van der Waals surface area contributed by atoms with Gasteiger partial charge in [0, 0.05) is 10.7 Å². The monoisotopic (exact) mass is 332 g/mol. The molecule has 0 aromatic heterocycles. The molecule has 0 aliphatic rings. The van der Waals surface area contributed by atoms with Crippen LogP contribution in [0.3, 0.4) is 0 Å². The van der Waals surface area contributed by atoms with Gasteiger partial charge in [0.2, 0.25) is 0 Å². The quantitative estimate of drug-likeness (QED) is 0.538. The van der Waals surface area contributed by atoms with Crippen LogP contribution >= 0.6 is 10.7 Å². The topological polar surface area (TPSA) is 54.4 Å². The predicted octanol–water partition coefficient (Wildman–Crippen LogP) is 5.70. The third-order valence-electron chi connectivity index (χ3n) is 2.16. The molecule has 3 nitrogen and oxygen atoms in total. The van der Waals surface area contributed by atoms with Crippen molar-refractivity contribution in [2.45, 2.75) is 40.5 Å². The number of benzene rings is 2. The molecule has 0 atom stereocenters. The van der Waals surface area contributed by atoms with E-state index in [1.54, 1.807) is 0 Å². The molecule has 0 saturated carbocycles. The molecule has 0 heterocycles. The Bertz CT molecular complexity index is 493. The van der Waals surface area contributed by atoms with E-state index in [2.05, 4.69) is 73.1 Å². The maximum atomic E-state index is 8.95. The minimum absolute atomic E-state index is 1.31. The van der Waals surface area contributed by atoms with Gasteiger partial charge in [-0.25, -0.2) is 0 Å².